The number of benzene rings is 1. The number of para-hydroxylation sites is 1. The zero-order chi connectivity index (χ0) is 18.0. The Morgan fingerprint density at radius 2 is 2.04 bits per heavy atom. The Bertz CT molecular complexity index is 969. The third-order valence-electron chi connectivity index (χ3n) is 4.08. The fraction of sp³-hybridized carbons (Fsp3) is 0.263. The number of pyridine rings is 1. The van der Waals surface area contributed by atoms with Gasteiger partial charge in [0.2, 0.25) is 5.91 Å². The molecule has 3 N–H and O–H groups in total. The molecule has 0 spiro atoms. The number of carbonyl (C=O) groups is 1. The number of hydrogen-bond acceptors (Lipinski definition) is 4. The van der Waals surface area contributed by atoms with Crippen LogP contribution in [-0.2, 0) is 16.8 Å². The summed E-state index contributed by atoms with van der Waals surface area (Å²) < 4.78 is 5.41. The minimum atomic E-state index is -1.32. The molecule has 1 unspecified atom stereocenters. The fourth-order valence-electron chi connectivity index (χ4n) is 2.64. The van der Waals surface area contributed by atoms with Crippen LogP contribution in [0, 0.1) is 6.92 Å². The average molecular weight is 340 g/mol. The first-order valence-corrected chi connectivity index (χ1v) is 8.02. The molecule has 0 fully saturated rings. The Kier molecular flexibility index (Phi) is 4.46. The van der Waals surface area contributed by atoms with E-state index in [0.717, 1.165) is 10.9 Å². The third-order valence-corrected chi connectivity index (χ3v) is 4.08. The van der Waals surface area contributed by atoms with Crippen LogP contribution in [0.25, 0.3) is 10.9 Å². The maximum atomic E-state index is 12.2. The SMILES string of the molecule is Cc1ccc(C(C)(O)CNC(=O)Cc2cc3ccccc3[nH]c2=O)o1. The molecule has 3 aromatic rings. The van der Waals surface area contributed by atoms with Gasteiger partial charge in [-0.2, -0.15) is 0 Å². The standard InChI is InChI=1S/C19H20N2O4/c1-12-7-8-16(25-12)19(2,24)11-20-17(22)10-14-9-13-5-3-4-6-15(13)21-18(14)23/h3-9,24H,10-11H2,1-2H3,(H,20,22)(H,21,23). The number of aromatic amines is 1. The van der Waals surface area contributed by atoms with Gasteiger partial charge in [0.05, 0.1) is 13.0 Å². The molecule has 0 bridgehead atoms. The molecule has 2 aromatic heterocycles. The summed E-state index contributed by atoms with van der Waals surface area (Å²) in [6.45, 7) is 3.34. The monoisotopic (exact) mass is 340 g/mol. The van der Waals surface area contributed by atoms with Crippen LogP contribution < -0.4 is 10.9 Å². The molecule has 1 atom stereocenters. The topological polar surface area (TPSA) is 95.3 Å². The normalized spacial score (nSPS) is 13.6. The number of hydrogen-bond donors (Lipinski definition) is 3. The fourth-order valence-corrected chi connectivity index (χ4v) is 2.64. The summed E-state index contributed by atoms with van der Waals surface area (Å²) in [5, 5.41) is 14.0. The van der Waals surface area contributed by atoms with E-state index >= 15 is 0 Å². The highest BCUT2D eigenvalue weighted by Crippen LogP contribution is 2.22. The molecular formula is C19H20N2O4. The van der Waals surface area contributed by atoms with Crippen molar-refractivity contribution in [2.24, 2.45) is 0 Å². The van der Waals surface area contributed by atoms with Crippen LogP contribution in [0.15, 0.2) is 51.7 Å². The first kappa shape index (κ1) is 17.0. The number of aromatic nitrogens is 1. The van der Waals surface area contributed by atoms with Gasteiger partial charge in [-0.1, -0.05) is 18.2 Å². The summed E-state index contributed by atoms with van der Waals surface area (Å²) >= 11 is 0. The molecule has 130 valence electrons. The predicted molar refractivity (Wildman–Crippen MR) is 94.3 cm³/mol. The highest BCUT2D eigenvalue weighted by molar-refractivity contribution is 5.82. The van der Waals surface area contributed by atoms with Crippen molar-refractivity contribution < 1.29 is 14.3 Å². The van der Waals surface area contributed by atoms with E-state index in [1.807, 2.05) is 24.3 Å². The van der Waals surface area contributed by atoms with E-state index in [1.54, 1.807) is 32.0 Å². The van der Waals surface area contributed by atoms with E-state index < -0.39 is 5.60 Å². The van der Waals surface area contributed by atoms with Crippen molar-refractivity contribution >= 4 is 16.8 Å². The Labute approximate surface area is 144 Å². The summed E-state index contributed by atoms with van der Waals surface area (Å²) in [6, 6.07) is 12.5. The highest BCUT2D eigenvalue weighted by atomic mass is 16.4. The zero-order valence-corrected chi connectivity index (χ0v) is 14.1. The largest absolute Gasteiger partial charge is 0.463 e. The quantitative estimate of drug-likeness (QED) is 0.662. The van der Waals surface area contributed by atoms with Crippen LogP contribution in [0.3, 0.4) is 0 Å². The molecule has 6 nitrogen and oxygen atoms in total. The molecule has 3 rings (SSSR count). The van der Waals surface area contributed by atoms with Crippen LogP contribution in [0.1, 0.15) is 24.0 Å². The lowest BCUT2D eigenvalue weighted by Crippen LogP contribution is -2.39. The molecule has 1 amide bonds. The first-order chi connectivity index (χ1) is 11.8. The van der Waals surface area contributed by atoms with Crippen molar-refractivity contribution in [1.29, 1.82) is 0 Å². The smallest absolute Gasteiger partial charge is 0.252 e. The van der Waals surface area contributed by atoms with Crippen LogP contribution in [0.4, 0.5) is 0 Å². The lowest BCUT2D eigenvalue weighted by Gasteiger charge is -2.21. The summed E-state index contributed by atoms with van der Waals surface area (Å²) in [4.78, 5) is 27.0. The summed E-state index contributed by atoms with van der Waals surface area (Å²) in [5.74, 6) is 0.725. The van der Waals surface area contributed by atoms with Gasteiger partial charge < -0.3 is 19.8 Å². The van der Waals surface area contributed by atoms with Crippen molar-refractivity contribution in [3.8, 4) is 0 Å². The van der Waals surface area contributed by atoms with E-state index in [2.05, 4.69) is 10.3 Å². The van der Waals surface area contributed by atoms with E-state index in [-0.39, 0.29) is 24.4 Å². The van der Waals surface area contributed by atoms with Gasteiger partial charge in [0, 0.05) is 11.1 Å². The van der Waals surface area contributed by atoms with Gasteiger partial charge in [0.25, 0.3) is 5.56 Å². The molecule has 0 aliphatic rings. The second-order valence-electron chi connectivity index (χ2n) is 6.35. The van der Waals surface area contributed by atoms with Crippen LogP contribution in [-0.4, -0.2) is 22.5 Å². The maximum Gasteiger partial charge on any atom is 0.252 e. The predicted octanol–water partition coefficient (Wildman–Crippen LogP) is 2.00. The van der Waals surface area contributed by atoms with Crippen molar-refractivity contribution in [3.05, 3.63) is 69.9 Å². The molecule has 25 heavy (non-hydrogen) atoms. The molecule has 2 heterocycles. The molecule has 1 aromatic carbocycles. The molecular weight excluding hydrogens is 320 g/mol. The van der Waals surface area contributed by atoms with Crippen LogP contribution >= 0.6 is 0 Å². The number of nitrogens with one attached hydrogen (secondary N) is 2. The minimum Gasteiger partial charge on any atom is -0.463 e. The second kappa shape index (κ2) is 6.57. The maximum absolute atomic E-state index is 12.2. The molecule has 0 aliphatic carbocycles. The number of aryl methyl sites for hydroxylation is 1. The van der Waals surface area contributed by atoms with Crippen molar-refractivity contribution in [2.45, 2.75) is 25.9 Å². The van der Waals surface area contributed by atoms with Crippen LogP contribution in [0.5, 0.6) is 0 Å². The lowest BCUT2D eigenvalue weighted by molar-refractivity contribution is -0.121. The van der Waals surface area contributed by atoms with Crippen molar-refractivity contribution in [2.75, 3.05) is 6.54 Å². The summed E-state index contributed by atoms with van der Waals surface area (Å²) in [5.41, 5.74) is -0.501. The Hall–Kier alpha value is -2.86. The number of rotatable bonds is 5. The second-order valence-corrected chi connectivity index (χ2v) is 6.35. The minimum absolute atomic E-state index is 0.00965. The van der Waals surface area contributed by atoms with E-state index in [4.69, 9.17) is 4.42 Å². The van der Waals surface area contributed by atoms with E-state index in [0.29, 0.717) is 17.1 Å². The van der Waals surface area contributed by atoms with Gasteiger partial charge in [-0.15, -0.1) is 0 Å². The molecule has 6 heteroatoms. The van der Waals surface area contributed by atoms with Crippen molar-refractivity contribution in [1.82, 2.24) is 10.3 Å². The number of carbonyl (C=O) groups excluding carboxylic acids is 1. The molecule has 0 saturated carbocycles. The Morgan fingerprint density at radius 3 is 2.76 bits per heavy atom. The molecule has 0 aliphatic heterocycles. The number of furan rings is 1. The van der Waals surface area contributed by atoms with E-state index in [1.165, 1.54) is 0 Å². The van der Waals surface area contributed by atoms with Gasteiger partial charge in [-0.05, 0) is 43.5 Å². The Morgan fingerprint density at radius 1 is 1.28 bits per heavy atom. The highest BCUT2D eigenvalue weighted by Gasteiger charge is 2.27. The number of aliphatic hydroxyl groups is 1. The number of fused-ring (bicyclic) bond motifs is 1. The van der Waals surface area contributed by atoms with Gasteiger partial charge in [-0.25, -0.2) is 0 Å². The van der Waals surface area contributed by atoms with Gasteiger partial charge in [0.15, 0.2) is 0 Å². The first-order valence-electron chi connectivity index (χ1n) is 8.02. The molecule has 0 saturated heterocycles. The zero-order valence-electron chi connectivity index (χ0n) is 14.1. The van der Waals surface area contributed by atoms with Crippen LogP contribution in [0.2, 0.25) is 0 Å². The average Bonchev–Trinajstić information content (AvgIpc) is 3.01. The third kappa shape index (κ3) is 3.80. The number of H-pyrrole nitrogens is 1. The molecule has 0 radical (unpaired) electrons. The van der Waals surface area contributed by atoms with Gasteiger partial charge in [0.1, 0.15) is 17.1 Å². The number of amides is 1. The van der Waals surface area contributed by atoms with Gasteiger partial charge in [-0.3, -0.25) is 9.59 Å². The Balaban J connectivity index is 1.68. The summed E-state index contributed by atoms with van der Waals surface area (Å²) in [7, 11) is 0. The van der Waals surface area contributed by atoms with Crippen molar-refractivity contribution in [3.63, 3.8) is 0 Å². The lowest BCUT2D eigenvalue weighted by atomic mass is 10.0. The van der Waals surface area contributed by atoms with Gasteiger partial charge >= 0.3 is 0 Å². The summed E-state index contributed by atoms with van der Waals surface area (Å²) in [6.07, 6.45) is -0.0621. The van der Waals surface area contributed by atoms with E-state index in [9.17, 15) is 14.7 Å².